The quantitative estimate of drug-likeness (QED) is 0.723. The summed E-state index contributed by atoms with van der Waals surface area (Å²) < 4.78 is 5.33. The van der Waals surface area contributed by atoms with E-state index in [4.69, 9.17) is 4.42 Å². The molecule has 0 N–H and O–H groups in total. The minimum absolute atomic E-state index is 0.385. The van der Waals surface area contributed by atoms with Crippen LogP contribution in [-0.2, 0) is 5.41 Å². The van der Waals surface area contributed by atoms with Crippen molar-refractivity contribution in [2.75, 3.05) is 0 Å². The molecule has 1 aliphatic carbocycles. The summed E-state index contributed by atoms with van der Waals surface area (Å²) in [6.45, 7) is 3.75. The maximum atomic E-state index is 5.33. The molecule has 0 saturated heterocycles. The Bertz CT molecular complexity index is 585. The lowest BCUT2D eigenvalue weighted by molar-refractivity contribution is 0.556. The highest BCUT2D eigenvalue weighted by molar-refractivity contribution is 5.60. The zero-order valence-electron chi connectivity index (χ0n) is 11.0. The second-order valence-electron chi connectivity index (χ2n) is 5.20. The van der Waals surface area contributed by atoms with Gasteiger partial charge in [-0.1, -0.05) is 49.1 Å². The summed E-state index contributed by atoms with van der Waals surface area (Å²) >= 11 is 0. The Morgan fingerprint density at radius 1 is 1.16 bits per heavy atom. The van der Waals surface area contributed by atoms with Crippen LogP contribution in [0.2, 0.25) is 0 Å². The van der Waals surface area contributed by atoms with Gasteiger partial charge in [0.1, 0.15) is 5.76 Å². The number of benzene rings is 1. The first kappa shape index (κ1) is 12.0. The van der Waals surface area contributed by atoms with E-state index in [0.29, 0.717) is 5.41 Å². The van der Waals surface area contributed by atoms with E-state index in [9.17, 15) is 0 Å². The van der Waals surface area contributed by atoms with Crippen molar-refractivity contribution in [1.82, 2.24) is 0 Å². The Hall–Kier alpha value is -2.02. The molecule has 0 radical (unpaired) electrons. The van der Waals surface area contributed by atoms with Crippen LogP contribution < -0.4 is 0 Å². The van der Waals surface area contributed by atoms with Crippen molar-refractivity contribution in [3.05, 3.63) is 72.2 Å². The van der Waals surface area contributed by atoms with Crippen LogP contribution in [0.3, 0.4) is 0 Å². The zero-order valence-corrected chi connectivity index (χ0v) is 11.0. The first-order valence-electron chi connectivity index (χ1n) is 6.76. The van der Waals surface area contributed by atoms with Gasteiger partial charge in [-0.2, -0.15) is 0 Å². The Morgan fingerprint density at radius 3 is 2.63 bits per heavy atom. The molecule has 1 fully saturated rings. The van der Waals surface area contributed by atoms with Crippen LogP contribution in [0.4, 0.5) is 0 Å². The first-order valence-corrected chi connectivity index (χ1v) is 6.76. The van der Waals surface area contributed by atoms with Gasteiger partial charge < -0.3 is 4.42 Å². The molecule has 0 unspecified atom stereocenters. The molecule has 0 atom stereocenters. The lowest BCUT2D eigenvalue weighted by atomic mass is 9.92. The molecule has 1 aromatic carbocycles. The maximum Gasteiger partial charge on any atom is 0.133 e. The Morgan fingerprint density at radius 2 is 1.95 bits per heavy atom. The predicted molar refractivity (Wildman–Crippen MR) is 79.8 cm³/mol. The van der Waals surface area contributed by atoms with Crippen molar-refractivity contribution in [3.63, 3.8) is 0 Å². The molecular weight excluding hydrogens is 232 g/mol. The monoisotopic (exact) mass is 250 g/mol. The second-order valence-corrected chi connectivity index (χ2v) is 5.20. The van der Waals surface area contributed by atoms with E-state index in [-0.39, 0.29) is 0 Å². The standard InChI is InChI=1S/C18H18O/c1-2-17-15(10-14-19-17)7-6-11-18(12-13-18)16-8-4-3-5-9-16/h2-10,14H,1,11-13H2/b7-6-. The van der Waals surface area contributed by atoms with Crippen LogP contribution in [0.25, 0.3) is 12.2 Å². The SMILES string of the molecule is C=Cc1occc1/C=C\CC1(c2ccccc2)CC1. The van der Waals surface area contributed by atoms with Gasteiger partial charge in [0, 0.05) is 5.56 Å². The van der Waals surface area contributed by atoms with Crippen molar-refractivity contribution in [3.8, 4) is 0 Å². The Balaban J connectivity index is 1.71. The van der Waals surface area contributed by atoms with Crippen molar-refractivity contribution in [2.24, 2.45) is 0 Å². The van der Waals surface area contributed by atoms with Gasteiger partial charge in [0.15, 0.2) is 0 Å². The predicted octanol–water partition coefficient (Wildman–Crippen LogP) is 5.06. The van der Waals surface area contributed by atoms with Gasteiger partial charge in [-0.15, -0.1) is 0 Å². The van der Waals surface area contributed by atoms with E-state index in [1.165, 1.54) is 18.4 Å². The fourth-order valence-electron chi connectivity index (χ4n) is 2.60. The summed E-state index contributed by atoms with van der Waals surface area (Å²) in [5.74, 6) is 0.848. The van der Waals surface area contributed by atoms with E-state index < -0.39 is 0 Å². The molecule has 19 heavy (non-hydrogen) atoms. The zero-order chi connectivity index (χ0) is 13.1. The highest BCUT2D eigenvalue weighted by atomic mass is 16.3. The maximum absolute atomic E-state index is 5.33. The summed E-state index contributed by atoms with van der Waals surface area (Å²) in [4.78, 5) is 0. The Labute approximate surface area is 114 Å². The fraction of sp³-hybridized carbons (Fsp3) is 0.222. The molecule has 1 saturated carbocycles. The van der Waals surface area contributed by atoms with Gasteiger partial charge in [-0.3, -0.25) is 0 Å². The fourth-order valence-corrected chi connectivity index (χ4v) is 2.60. The summed E-state index contributed by atoms with van der Waals surface area (Å²) in [6.07, 6.45) is 11.5. The number of hydrogen-bond acceptors (Lipinski definition) is 1. The topological polar surface area (TPSA) is 13.1 Å². The van der Waals surface area contributed by atoms with Gasteiger partial charge >= 0.3 is 0 Å². The average molecular weight is 250 g/mol. The average Bonchev–Trinajstić information content (AvgIpc) is 3.11. The lowest BCUT2D eigenvalue weighted by Gasteiger charge is -2.12. The van der Waals surface area contributed by atoms with Gasteiger partial charge in [0.25, 0.3) is 0 Å². The molecule has 0 aliphatic heterocycles. The first-order chi connectivity index (χ1) is 9.34. The molecule has 0 bridgehead atoms. The molecular formula is C18H18O. The minimum atomic E-state index is 0.385. The summed E-state index contributed by atoms with van der Waals surface area (Å²) in [6, 6.07) is 12.8. The smallest absolute Gasteiger partial charge is 0.133 e. The third-order valence-electron chi connectivity index (χ3n) is 3.96. The number of allylic oxidation sites excluding steroid dienone is 1. The lowest BCUT2D eigenvalue weighted by Crippen LogP contribution is -2.04. The number of hydrogen-bond donors (Lipinski definition) is 0. The van der Waals surface area contributed by atoms with E-state index in [1.54, 1.807) is 12.3 Å². The number of rotatable bonds is 5. The van der Waals surface area contributed by atoms with Crippen LogP contribution in [0.5, 0.6) is 0 Å². The number of furan rings is 1. The van der Waals surface area contributed by atoms with E-state index in [1.807, 2.05) is 6.07 Å². The summed E-state index contributed by atoms with van der Waals surface area (Å²) in [7, 11) is 0. The molecule has 1 nitrogen and oxygen atoms in total. The van der Waals surface area contributed by atoms with Gasteiger partial charge in [0.05, 0.1) is 6.26 Å². The molecule has 0 amide bonds. The molecule has 0 spiro atoms. The van der Waals surface area contributed by atoms with Crippen LogP contribution in [-0.4, -0.2) is 0 Å². The summed E-state index contributed by atoms with van der Waals surface area (Å²) in [5.41, 5.74) is 2.96. The van der Waals surface area contributed by atoms with Crippen LogP contribution >= 0.6 is 0 Å². The van der Waals surface area contributed by atoms with Crippen LogP contribution in [0, 0.1) is 0 Å². The normalized spacial score (nSPS) is 16.6. The van der Waals surface area contributed by atoms with Crippen LogP contribution in [0.1, 0.15) is 36.1 Å². The summed E-state index contributed by atoms with van der Waals surface area (Å²) in [5, 5.41) is 0. The second kappa shape index (κ2) is 4.93. The van der Waals surface area contributed by atoms with E-state index in [2.05, 4.69) is 49.1 Å². The van der Waals surface area contributed by atoms with E-state index in [0.717, 1.165) is 17.7 Å². The Kier molecular flexibility index (Phi) is 3.12. The van der Waals surface area contributed by atoms with E-state index >= 15 is 0 Å². The largest absolute Gasteiger partial charge is 0.464 e. The highest BCUT2D eigenvalue weighted by Gasteiger charge is 2.42. The molecule has 2 aromatic rings. The minimum Gasteiger partial charge on any atom is -0.464 e. The molecule has 1 aromatic heterocycles. The van der Waals surface area contributed by atoms with Gasteiger partial charge in [-0.25, -0.2) is 0 Å². The molecule has 1 aliphatic rings. The molecule has 3 rings (SSSR count). The third kappa shape index (κ3) is 2.41. The van der Waals surface area contributed by atoms with Crippen molar-refractivity contribution < 1.29 is 4.42 Å². The molecule has 96 valence electrons. The van der Waals surface area contributed by atoms with Gasteiger partial charge in [-0.05, 0) is 42.4 Å². The molecule has 1 heteroatoms. The van der Waals surface area contributed by atoms with Crippen molar-refractivity contribution >= 4 is 12.2 Å². The highest BCUT2D eigenvalue weighted by Crippen LogP contribution is 2.51. The third-order valence-corrected chi connectivity index (χ3v) is 3.96. The van der Waals surface area contributed by atoms with Crippen molar-refractivity contribution in [2.45, 2.75) is 24.7 Å². The van der Waals surface area contributed by atoms with Gasteiger partial charge in [0.2, 0.25) is 0 Å². The van der Waals surface area contributed by atoms with Crippen LogP contribution in [0.15, 0.2) is 59.7 Å². The molecule has 1 heterocycles. The van der Waals surface area contributed by atoms with Crippen molar-refractivity contribution in [1.29, 1.82) is 0 Å².